The molecule has 0 saturated heterocycles. The minimum absolute atomic E-state index is 0.380. The number of nitrogens with one attached hydrogen (secondary N) is 2. The molecule has 3 N–H and O–H groups in total. The molecule has 0 radical (unpaired) electrons. The Labute approximate surface area is 128 Å². The quantitative estimate of drug-likeness (QED) is 0.719. The minimum Gasteiger partial charge on any atom is -0.497 e. The van der Waals surface area contributed by atoms with Crippen LogP contribution in [-0.4, -0.2) is 42.3 Å². The van der Waals surface area contributed by atoms with Gasteiger partial charge in [-0.25, -0.2) is 9.59 Å². The second-order valence-corrected chi connectivity index (χ2v) is 5.44. The van der Waals surface area contributed by atoms with E-state index in [9.17, 15) is 9.59 Å². The molecule has 0 unspecified atom stereocenters. The highest BCUT2D eigenvalue weighted by Gasteiger charge is 2.19. The van der Waals surface area contributed by atoms with Crippen LogP contribution in [0.25, 0.3) is 0 Å². The Morgan fingerprint density at radius 2 is 2.14 bits per heavy atom. The van der Waals surface area contributed by atoms with Crippen LogP contribution in [0.15, 0.2) is 18.2 Å². The number of urea groups is 1. The summed E-state index contributed by atoms with van der Waals surface area (Å²) in [5, 5.41) is 14.2. The molecule has 0 heterocycles. The van der Waals surface area contributed by atoms with Crippen LogP contribution in [-0.2, 0) is 4.79 Å². The van der Waals surface area contributed by atoms with Crippen molar-refractivity contribution < 1.29 is 19.4 Å². The van der Waals surface area contributed by atoms with Crippen molar-refractivity contribution in [1.82, 2.24) is 5.32 Å². The molecular formula is C14H20N2O4S. The van der Waals surface area contributed by atoms with E-state index in [1.54, 1.807) is 25.3 Å². The van der Waals surface area contributed by atoms with Crippen LogP contribution in [0.5, 0.6) is 5.75 Å². The average Bonchev–Trinajstić information content (AvgIpc) is 2.45. The largest absolute Gasteiger partial charge is 0.497 e. The van der Waals surface area contributed by atoms with Crippen LogP contribution in [0.3, 0.4) is 0 Å². The van der Waals surface area contributed by atoms with Crippen LogP contribution in [0.4, 0.5) is 10.5 Å². The summed E-state index contributed by atoms with van der Waals surface area (Å²) in [5.41, 5.74) is 1.45. The van der Waals surface area contributed by atoms with E-state index in [0.29, 0.717) is 23.6 Å². The van der Waals surface area contributed by atoms with Gasteiger partial charge in [-0.1, -0.05) is 0 Å². The highest BCUT2D eigenvalue weighted by molar-refractivity contribution is 7.98. The highest BCUT2D eigenvalue weighted by Crippen LogP contribution is 2.20. The summed E-state index contributed by atoms with van der Waals surface area (Å²) < 4.78 is 5.09. The van der Waals surface area contributed by atoms with Crippen LogP contribution in [0, 0.1) is 6.92 Å². The third-order valence-corrected chi connectivity index (χ3v) is 3.54. The molecule has 6 nitrogen and oxygen atoms in total. The summed E-state index contributed by atoms with van der Waals surface area (Å²) in [5.74, 6) is 0.325. The first-order chi connectivity index (χ1) is 9.97. The molecule has 1 aromatic carbocycles. The van der Waals surface area contributed by atoms with Gasteiger partial charge in [0.2, 0.25) is 0 Å². The van der Waals surface area contributed by atoms with E-state index in [-0.39, 0.29) is 0 Å². The Hall–Kier alpha value is -1.89. The number of amides is 2. The fourth-order valence-corrected chi connectivity index (χ4v) is 2.18. The van der Waals surface area contributed by atoms with Crippen molar-refractivity contribution in [2.24, 2.45) is 0 Å². The molecule has 0 spiro atoms. The number of aliphatic carboxylic acids is 1. The van der Waals surface area contributed by atoms with Gasteiger partial charge in [-0.15, -0.1) is 0 Å². The van der Waals surface area contributed by atoms with E-state index >= 15 is 0 Å². The number of methoxy groups -OCH3 is 1. The average molecular weight is 312 g/mol. The normalized spacial score (nSPS) is 11.6. The lowest BCUT2D eigenvalue weighted by Gasteiger charge is -2.15. The van der Waals surface area contributed by atoms with Gasteiger partial charge in [-0.05, 0) is 49.1 Å². The summed E-state index contributed by atoms with van der Waals surface area (Å²) in [6.45, 7) is 1.83. The molecule has 1 atom stereocenters. The Kier molecular flexibility index (Phi) is 6.87. The third-order valence-electron chi connectivity index (χ3n) is 2.90. The first kappa shape index (κ1) is 17.2. The predicted molar refractivity (Wildman–Crippen MR) is 84.3 cm³/mol. The van der Waals surface area contributed by atoms with E-state index in [2.05, 4.69) is 10.6 Å². The van der Waals surface area contributed by atoms with Gasteiger partial charge in [-0.2, -0.15) is 11.8 Å². The third kappa shape index (κ3) is 5.55. The molecule has 7 heteroatoms. The molecule has 0 aliphatic rings. The number of carboxylic acids is 1. The maximum atomic E-state index is 11.9. The lowest BCUT2D eigenvalue weighted by Crippen LogP contribution is -2.43. The number of hydrogen-bond acceptors (Lipinski definition) is 4. The summed E-state index contributed by atoms with van der Waals surface area (Å²) in [6.07, 6.45) is 2.27. The standard InChI is InChI=1S/C14H20N2O4S/c1-9-8-10(20-2)4-5-11(9)15-14(19)16-12(13(17)18)6-7-21-3/h4-5,8,12H,6-7H2,1-3H3,(H,17,18)(H2,15,16,19)/t12-/m0/s1. The minimum atomic E-state index is -1.04. The zero-order valence-electron chi connectivity index (χ0n) is 12.3. The number of ether oxygens (including phenoxy) is 1. The van der Waals surface area contributed by atoms with Gasteiger partial charge in [0.05, 0.1) is 7.11 Å². The van der Waals surface area contributed by atoms with Crippen LogP contribution < -0.4 is 15.4 Å². The maximum Gasteiger partial charge on any atom is 0.326 e. The Balaban J connectivity index is 2.65. The molecule has 0 aliphatic heterocycles. The molecular weight excluding hydrogens is 292 g/mol. The van der Waals surface area contributed by atoms with Crippen molar-refractivity contribution in [2.45, 2.75) is 19.4 Å². The molecule has 0 fully saturated rings. The molecule has 1 rings (SSSR count). The number of aryl methyl sites for hydroxylation is 1. The summed E-state index contributed by atoms with van der Waals surface area (Å²) >= 11 is 1.54. The topological polar surface area (TPSA) is 87.7 Å². The van der Waals surface area contributed by atoms with Gasteiger partial charge in [-0.3, -0.25) is 0 Å². The predicted octanol–water partition coefficient (Wildman–Crippen LogP) is 2.33. The first-order valence-corrected chi connectivity index (χ1v) is 7.81. The van der Waals surface area contributed by atoms with Gasteiger partial charge in [0, 0.05) is 5.69 Å². The summed E-state index contributed by atoms with van der Waals surface area (Å²) in [7, 11) is 1.57. The van der Waals surface area contributed by atoms with Gasteiger partial charge in [0.1, 0.15) is 11.8 Å². The molecule has 2 amide bonds. The molecule has 21 heavy (non-hydrogen) atoms. The van der Waals surface area contributed by atoms with E-state index in [4.69, 9.17) is 9.84 Å². The van der Waals surface area contributed by atoms with Gasteiger partial charge < -0.3 is 20.5 Å². The number of carbonyl (C=O) groups excluding carboxylic acids is 1. The lowest BCUT2D eigenvalue weighted by atomic mass is 10.2. The number of carboxylic acid groups (broad SMARTS) is 1. The summed E-state index contributed by atoms with van der Waals surface area (Å²) in [4.78, 5) is 22.9. The van der Waals surface area contributed by atoms with Crippen LogP contribution in [0.2, 0.25) is 0 Å². The highest BCUT2D eigenvalue weighted by atomic mass is 32.2. The molecule has 0 aromatic heterocycles. The van der Waals surface area contributed by atoms with E-state index in [1.165, 1.54) is 11.8 Å². The van der Waals surface area contributed by atoms with Crippen molar-refractivity contribution in [3.8, 4) is 5.75 Å². The van der Waals surface area contributed by atoms with Crippen LogP contribution >= 0.6 is 11.8 Å². The van der Waals surface area contributed by atoms with E-state index in [0.717, 1.165) is 5.56 Å². The van der Waals surface area contributed by atoms with Gasteiger partial charge in [0.15, 0.2) is 0 Å². The number of carbonyl (C=O) groups is 2. The van der Waals surface area contributed by atoms with E-state index < -0.39 is 18.0 Å². The second-order valence-electron chi connectivity index (χ2n) is 4.45. The Morgan fingerprint density at radius 1 is 1.43 bits per heavy atom. The number of benzene rings is 1. The monoisotopic (exact) mass is 312 g/mol. The zero-order valence-corrected chi connectivity index (χ0v) is 13.1. The lowest BCUT2D eigenvalue weighted by molar-refractivity contribution is -0.139. The molecule has 116 valence electrons. The summed E-state index contributed by atoms with van der Waals surface area (Å²) in [6, 6.07) is 3.81. The Bertz CT molecular complexity index is 508. The zero-order chi connectivity index (χ0) is 15.8. The molecule has 0 saturated carbocycles. The number of rotatable bonds is 7. The van der Waals surface area contributed by atoms with Gasteiger partial charge >= 0.3 is 12.0 Å². The number of thioether (sulfide) groups is 1. The van der Waals surface area contributed by atoms with Crippen molar-refractivity contribution in [3.05, 3.63) is 23.8 Å². The SMILES string of the molecule is COc1ccc(NC(=O)N[C@@H](CCSC)C(=O)O)c(C)c1. The van der Waals surface area contributed by atoms with Crippen molar-refractivity contribution in [1.29, 1.82) is 0 Å². The van der Waals surface area contributed by atoms with Gasteiger partial charge in [0.25, 0.3) is 0 Å². The van der Waals surface area contributed by atoms with Crippen molar-refractivity contribution >= 4 is 29.4 Å². The smallest absolute Gasteiger partial charge is 0.326 e. The van der Waals surface area contributed by atoms with Crippen molar-refractivity contribution in [3.63, 3.8) is 0 Å². The molecule has 0 aliphatic carbocycles. The van der Waals surface area contributed by atoms with Crippen LogP contribution in [0.1, 0.15) is 12.0 Å². The van der Waals surface area contributed by atoms with E-state index in [1.807, 2.05) is 13.2 Å². The fraction of sp³-hybridized carbons (Fsp3) is 0.429. The first-order valence-electron chi connectivity index (χ1n) is 6.41. The second kappa shape index (κ2) is 8.41. The number of hydrogen-bond donors (Lipinski definition) is 3. The Morgan fingerprint density at radius 3 is 2.67 bits per heavy atom. The molecule has 0 bridgehead atoms. The maximum absolute atomic E-state index is 11.9. The molecule has 1 aromatic rings. The number of anilines is 1. The fourth-order valence-electron chi connectivity index (χ4n) is 1.71. The van der Waals surface area contributed by atoms with Crippen molar-refractivity contribution in [2.75, 3.05) is 24.4 Å².